The number of carbonyl (C=O) groups is 1. The number of carbonyl (C=O) groups excluding carboxylic acids is 1. The summed E-state index contributed by atoms with van der Waals surface area (Å²) in [4.78, 5) is 18.3. The Morgan fingerprint density at radius 3 is 2.64 bits per heavy atom. The largest absolute Gasteiger partial charge is 0.322 e. The fraction of sp³-hybridized carbons (Fsp3) is 0.150. The highest BCUT2D eigenvalue weighted by Crippen LogP contribution is 2.29. The first kappa shape index (κ1) is 18.5. The third kappa shape index (κ3) is 4.03. The SMILES string of the molecule is O=C(Nc1cnn(-c2ccncc2)c1)N1CC=C(c2ccc(Cl)c(Cl)c2)CC1. The first-order valence-corrected chi connectivity index (χ1v) is 9.51. The summed E-state index contributed by atoms with van der Waals surface area (Å²) in [6.07, 6.45) is 9.58. The van der Waals surface area contributed by atoms with E-state index in [-0.39, 0.29) is 6.03 Å². The summed E-state index contributed by atoms with van der Waals surface area (Å²) < 4.78 is 1.69. The first-order chi connectivity index (χ1) is 13.6. The van der Waals surface area contributed by atoms with Crippen molar-refractivity contribution in [2.24, 2.45) is 0 Å². The lowest BCUT2D eigenvalue weighted by Gasteiger charge is -2.26. The highest BCUT2D eigenvalue weighted by molar-refractivity contribution is 6.42. The number of nitrogens with zero attached hydrogens (tertiary/aromatic N) is 4. The molecule has 2 amide bonds. The minimum absolute atomic E-state index is 0.154. The number of nitrogens with one attached hydrogen (secondary N) is 1. The van der Waals surface area contributed by atoms with Crippen LogP contribution in [0, 0.1) is 0 Å². The molecular formula is C20H17Cl2N5O. The molecule has 1 N–H and O–H groups in total. The van der Waals surface area contributed by atoms with Crippen LogP contribution in [0.15, 0.2) is 61.2 Å². The smallest absolute Gasteiger partial charge is 0.320 e. The van der Waals surface area contributed by atoms with Crippen molar-refractivity contribution in [3.63, 3.8) is 0 Å². The molecule has 4 rings (SSSR count). The molecule has 1 aromatic carbocycles. The van der Waals surface area contributed by atoms with Gasteiger partial charge in [0.1, 0.15) is 0 Å². The zero-order valence-electron chi connectivity index (χ0n) is 14.8. The van der Waals surface area contributed by atoms with E-state index in [9.17, 15) is 4.79 Å². The molecule has 0 atom stereocenters. The van der Waals surface area contributed by atoms with Gasteiger partial charge in [-0.15, -0.1) is 0 Å². The predicted octanol–water partition coefficient (Wildman–Crippen LogP) is 4.90. The van der Waals surface area contributed by atoms with Crippen LogP contribution in [-0.4, -0.2) is 38.8 Å². The van der Waals surface area contributed by atoms with Crippen LogP contribution in [0.25, 0.3) is 11.3 Å². The van der Waals surface area contributed by atoms with Gasteiger partial charge in [0.25, 0.3) is 0 Å². The Kier molecular flexibility index (Phi) is 5.32. The molecular weight excluding hydrogens is 397 g/mol. The van der Waals surface area contributed by atoms with Crippen molar-refractivity contribution in [3.8, 4) is 5.69 Å². The maximum atomic E-state index is 12.6. The van der Waals surface area contributed by atoms with Crippen LogP contribution < -0.4 is 5.32 Å². The van der Waals surface area contributed by atoms with Gasteiger partial charge in [0, 0.05) is 25.5 Å². The van der Waals surface area contributed by atoms with E-state index in [1.54, 1.807) is 40.4 Å². The lowest BCUT2D eigenvalue weighted by molar-refractivity contribution is 0.217. The van der Waals surface area contributed by atoms with Gasteiger partial charge in [-0.05, 0) is 41.8 Å². The van der Waals surface area contributed by atoms with E-state index in [2.05, 4.69) is 15.4 Å². The number of anilines is 1. The van der Waals surface area contributed by atoms with Crippen LogP contribution in [-0.2, 0) is 0 Å². The van der Waals surface area contributed by atoms with E-state index >= 15 is 0 Å². The molecule has 8 heteroatoms. The Morgan fingerprint density at radius 2 is 1.93 bits per heavy atom. The van der Waals surface area contributed by atoms with Crippen molar-refractivity contribution in [3.05, 3.63) is 76.8 Å². The number of pyridine rings is 1. The number of halogens is 2. The molecule has 0 saturated carbocycles. The van der Waals surface area contributed by atoms with E-state index in [0.717, 1.165) is 23.2 Å². The maximum Gasteiger partial charge on any atom is 0.322 e. The van der Waals surface area contributed by atoms with Crippen LogP contribution >= 0.6 is 23.2 Å². The third-order valence-corrected chi connectivity index (χ3v) is 5.29. The number of hydrogen-bond donors (Lipinski definition) is 1. The van der Waals surface area contributed by atoms with Gasteiger partial charge in [-0.25, -0.2) is 9.48 Å². The Morgan fingerprint density at radius 1 is 1.11 bits per heavy atom. The molecule has 3 aromatic rings. The number of amides is 2. The Balaban J connectivity index is 1.39. The fourth-order valence-corrected chi connectivity index (χ4v) is 3.34. The van der Waals surface area contributed by atoms with E-state index in [4.69, 9.17) is 23.2 Å². The zero-order chi connectivity index (χ0) is 19.5. The highest BCUT2D eigenvalue weighted by atomic mass is 35.5. The van der Waals surface area contributed by atoms with Gasteiger partial charge in [-0.1, -0.05) is 35.3 Å². The van der Waals surface area contributed by atoms with Crippen molar-refractivity contribution in [1.82, 2.24) is 19.7 Å². The molecule has 0 radical (unpaired) electrons. The summed E-state index contributed by atoms with van der Waals surface area (Å²) in [5, 5.41) is 8.24. The Labute approximate surface area is 172 Å². The second kappa shape index (κ2) is 8.04. The standard InChI is InChI=1S/C20H17Cl2N5O/c21-18-2-1-15(11-19(18)22)14-5-9-26(10-6-14)20(28)25-16-12-24-27(13-16)17-3-7-23-8-4-17/h1-5,7-8,11-13H,6,9-10H2,(H,25,28). The number of hydrogen-bond acceptors (Lipinski definition) is 3. The number of urea groups is 1. The second-order valence-electron chi connectivity index (χ2n) is 6.36. The molecule has 1 aliphatic rings. The number of aromatic nitrogens is 3. The van der Waals surface area contributed by atoms with Gasteiger partial charge in [-0.3, -0.25) is 4.98 Å². The Bertz CT molecular complexity index is 1030. The molecule has 1 aliphatic heterocycles. The summed E-state index contributed by atoms with van der Waals surface area (Å²) in [6, 6.07) is 9.14. The van der Waals surface area contributed by atoms with Crippen molar-refractivity contribution < 1.29 is 4.79 Å². The van der Waals surface area contributed by atoms with Crippen molar-refractivity contribution >= 4 is 40.5 Å². The van der Waals surface area contributed by atoms with Crippen LogP contribution in [0.3, 0.4) is 0 Å². The van der Waals surface area contributed by atoms with Gasteiger partial charge < -0.3 is 10.2 Å². The molecule has 0 unspecified atom stereocenters. The molecule has 142 valence electrons. The number of benzene rings is 1. The quantitative estimate of drug-likeness (QED) is 0.664. The molecule has 0 aliphatic carbocycles. The van der Waals surface area contributed by atoms with Gasteiger partial charge in [0.15, 0.2) is 0 Å². The average Bonchev–Trinajstić information content (AvgIpc) is 3.19. The van der Waals surface area contributed by atoms with Gasteiger partial charge in [-0.2, -0.15) is 5.10 Å². The van der Waals surface area contributed by atoms with Gasteiger partial charge in [0.2, 0.25) is 0 Å². The summed E-state index contributed by atoms with van der Waals surface area (Å²) >= 11 is 12.1. The van der Waals surface area contributed by atoms with Gasteiger partial charge >= 0.3 is 6.03 Å². The molecule has 28 heavy (non-hydrogen) atoms. The summed E-state index contributed by atoms with van der Waals surface area (Å²) in [5.41, 5.74) is 3.71. The molecule has 0 fully saturated rings. The van der Waals surface area contributed by atoms with Crippen molar-refractivity contribution in [1.29, 1.82) is 0 Å². The zero-order valence-corrected chi connectivity index (χ0v) is 16.4. The van der Waals surface area contributed by atoms with E-state index < -0.39 is 0 Å². The summed E-state index contributed by atoms with van der Waals surface area (Å²) in [5.74, 6) is 0. The monoisotopic (exact) mass is 413 g/mol. The summed E-state index contributed by atoms with van der Waals surface area (Å²) in [6.45, 7) is 1.15. The molecule has 2 aromatic heterocycles. The van der Waals surface area contributed by atoms with Crippen LogP contribution in [0.1, 0.15) is 12.0 Å². The topological polar surface area (TPSA) is 63.1 Å². The molecule has 3 heterocycles. The first-order valence-electron chi connectivity index (χ1n) is 8.75. The highest BCUT2D eigenvalue weighted by Gasteiger charge is 2.19. The Hall–Kier alpha value is -2.83. The third-order valence-electron chi connectivity index (χ3n) is 4.55. The van der Waals surface area contributed by atoms with E-state index in [0.29, 0.717) is 28.8 Å². The molecule has 0 saturated heterocycles. The minimum Gasteiger partial charge on any atom is -0.320 e. The number of rotatable bonds is 3. The average molecular weight is 414 g/mol. The maximum absolute atomic E-state index is 12.6. The normalized spacial score (nSPS) is 13.9. The molecule has 0 bridgehead atoms. The summed E-state index contributed by atoms with van der Waals surface area (Å²) in [7, 11) is 0. The molecule has 6 nitrogen and oxygen atoms in total. The molecule has 0 spiro atoms. The fourth-order valence-electron chi connectivity index (χ4n) is 3.04. The van der Waals surface area contributed by atoms with Crippen LogP contribution in [0.5, 0.6) is 0 Å². The second-order valence-corrected chi connectivity index (χ2v) is 7.18. The lowest BCUT2D eigenvalue weighted by atomic mass is 10.00. The van der Waals surface area contributed by atoms with Crippen molar-refractivity contribution in [2.75, 3.05) is 18.4 Å². The van der Waals surface area contributed by atoms with Crippen LogP contribution in [0.4, 0.5) is 10.5 Å². The van der Waals surface area contributed by atoms with Crippen LogP contribution in [0.2, 0.25) is 10.0 Å². The van der Waals surface area contributed by atoms with Gasteiger partial charge in [0.05, 0.1) is 33.8 Å². The minimum atomic E-state index is -0.154. The van der Waals surface area contributed by atoms with Crippen molar-refractivity contribution in [2.45, 2.75) is 6.42 Å². The van der Waals surface area contributed by atoms with E-state index in [1.165, 1.54) is 0 Å². The lowest BCUT2D eigenvalue weighted by Crippen LogP contribution is -2.37. The predicted molar refractivity (Wildman–Crippen MR) is 111 cm³/mol. The van der Waals surface area contributed by atoms with E-state index in [1.807, 2.05) is 30.3 Å².